The molecule has 1 aromatic rings. The fourth-order valence-corrected chi connectivity index (χ4v) is 1.62. The Balaban J connectivity index is 2.39. The summed E-state index contributed by atoms with van der Waals surface area (Å²) in [6, 6.07) is 0. The zero-order chi connectivity index (χ0) is 12.5. The number of hydrogen-bond donors (Lipinski definition) is 2. The summed E-state index contributed by atoms with van der Waals surface area (Å²) in [6.07, 6.45) is 6.05. The van der Waals surface area contributed by atoms with Gasteiger partial charge in [0.2, 0.25) is 0 Å². The van der Waals surface area contributed by atoms with E-state index in [4.69, 9.17) is 0 Å². The molecule has 4 nitrogen and oxygen atoms in total. The summed E-state index contributed by atoms with van der Waals surface area (Å²) < 4.78 is 0. The number of aromatic nitrogens is 2. The standard InChI is InChI=1S/C13H24N4/c1-4-11(5-2)7-16-13-10-15-12(9-17-13)8-14-6-3/h9-11,14H,4-8H2,1-3H3,(H,16,17). The second-order valence-corrected chi connectivity index (χ2v) is 4.24. The molecule has 4 heteroatoms. The van der Waals surface area contributed by atoms with Crippen LogP contribution in [0.15, 0.2) is 12.4 Å². The SMILES string of the molecule is CCNCc1cnc(NCC(CC)CC)cn1. The molecular formula is C13H24N4. The molecule has 17 heavy (non-hydrogen) atoms. The van der Waals surface area contributed by atoms with E-state index in [1.807, 2.05) is 12.4 Å². The van der Waals surface area contributed by atoms with Crippen LogP contribution in [-0.4, -0.2) is 23.1 Å². The summed E-state index contributed by atoms with van der Waals surface area (Å²) in [4.78, 5) is 8.72. The number of hydrogen-bond acceptors (Lipinski definition) is 4. The van der Waals surface area contributed by atoms with Crippen LogP contribution >= 0.6 is 0 Å². The Morgan fingerprint density at radius 3 is 2.41 bits per heavy atom. The van der Waals surface area contributed by atoms with Crippen LogP contribution in [0.3, 0.4) is 0 Å². The first kappa shape index (κ1) is 13.9. The summed E-state index contributed by atoms with van der Waals surface area (Å²) >= 11 is 0. The summed E-state index contributed by atoms with van der Waals surface area (Å²) in [5, 5.41) is 6.57. The van der Waals surface area contributed by atoms with E-state index in [2.05, 4.69) is 41.4 Å². The first-order valence-electron chi connectivity index (χ1n) is 6.55. The van der Waals surface area contributed by atoms with E-state index in [1.54, 1.807) is 0 Å². The van der Waals surface area contributed by atoms with Gasteiger partial charge in [-0.15, -0.1) is 0 Å². The van der Waals surface area contributed by atoms with Gasteiger partial charge in [-0.2, -0.15) is 0 Å². The minimum atomic E-state index is 0.721. The smallest absolute Gasteiger partial charge is 0.144 e. The van der Waals surface area contributed by atoms with Crippen molar-refractivity contribution in [2.24, 2.45) is 5.92 Å². The highest BCUT2D eigenvalue weighted by atomic mass is 15.0. The predicted molar refractivity (Wildman–Crippen MR) is 72.0 cm³/mol. The molecule has 0 saturated heterocycles. The Morgan fingerprint density at radius 1 is 1.12 bits per heavy atom. The zero-order valence-electron chi connectivity index (χ0n) is 11.2. The highest BCUT2D eigenvalue weighted by molar-refractivity contribution is 5.30. The van der Waals surface area contributed by atoms with Crippen molar-refractivity contribution in [2.75, 3.05) is 18.4 Å². The Morgan fingerprint density at radius 2 is 1.88 bits per heavy atom. The number of rotatable bonds is 8. The van der Waals surface area contributed by atoms with E-state index < -0.39 is 0 Å². The minimum Gasteiger partial charge on any atom is -0.369 e. The van der Waals surface area contributed by atoms with Crippen LogP contribution in [-0.2, 0) is 6.54 Å². The average Bonchev–Trinajstić information content (AvgIpc) is 2.39. The van der Waals surface area contributed by atoms with Gasteiger partial charge in [0.15, 0.2) is 0 Å². The van der Waals surface area contributed by atoms with E-state index in [0.29, 0.717) is 0 Å². The number of anilines is 1. The first-order chi connectivity index (χ1) is 8.30. The molecule has 2 N–H and O–H groups in total. The molecule has 1 aromatic heterocycles. The lowest BCUT2D eigenvalue weighted by Gasteiger charge is -2.13. The van der Waals surface area contributed by atoms with Gasteiger partial charge in [0.1, 0.15) is 5.82 Å². The van der Waals surface area contributed by atoms with Gasteiger partial charge < -0.3 is 10.6 Å². The van der Waals surface area contributed by atoms with E-state index >= 15 is 0 Å². The van der Waals surface area contributed by atoms with Gasteiger partial charge in [-0.1, -0.05) is 33.6 Å². The van der Waals surface area contributed by atoms with Crippen LogP contribution in [0.1, 0.15) is 39.3 Å². The maximum atomic E-state index is 4.36. The quantitative estimate of drug-likeness (QED) is 0.728. The minimum absolute atomic E-state index is 0.721. The second-order valence-electron chi connectivity index (χ2n) is 4.24. The Kier molecular flexibility index (Phi) is 6.55. The third-order valence-electron chi connectivity index (χ3n) is 2.99. The van der Waals surface area contributed by atoms with E-state index in [9.17, 15) is 0 Å². The highest BCUT2D eigenvalue weighted by Gasteiger charge is 2.03. The molecule has 0 unspecified atom stereocenters. The molecule has 0 radical (unpaired) electrons. The van der Waals surface area contributed by atoms with Crippen molar-refractivity contribution >= 4 is 5.82 Å². The lowest BCUT2D eigenvalue weighted by molar-refractivity contribution is 0.518. The van der Waals surface area contributed by atoms with E-state index in [0.717, 1.165) is 37.1 Å². The Labute approximate surface area is 104 Å². The highest BCUT2D eigenvalue weighted by Crippen LogP contribution is 2.09. The lowest BCUT2D eigenvalue weighted by Crippen LogP contribution is -2.15. The van der Waals surface area contributed by atoms with Crippen molar-refractivity contribution in [2.45, 2.75) is 40.2 Å². The van der Waals surface area contributed by atoms with Gasteiger partial charge in [0.25, 0.3) is 0 Å². The van der Waals surface area contributed by atoms with Gasteiger partial charge in [-0.3, -0.25) is 4.98 Å². The maximum absolute atomic E-state index is 4.36. The lowest BCUT2D eigenvalue weighted by atomic mass is 10.0. The molecule has 0 aromatic carbocycles. The molecule has 1 heterocycles. The summed E-state index contributed by atoms with van der Waals surface area (Å²) in [6.45, 7) is 9.25. The first-order valence-corrected chi connectivity index (χ1v) is 6.55. The molecule has 0 aliphatic rings. The van der Waals surface area contributed by atoms with E-state index in [1.165, 1.54) is 12.8 Å². The van der Waals surface area contributed by atoms with Gasteiger partial charge >= 0.3 is 0 Å². The summed E-state index contributed by atoms with van der Waals surface area (Å²) in [5.41, 5.74) is 0.986. The second kappa shape index (κ2) is 8.01. The molecule has 0 fully saturated rings. The van der Waals surface area contributed by atoms with Crippen LogP contribution in [0.4, 0.5) is 5.82 Å². The molecule has 0 atom stereocenters. The molecule has 0 aliphatic carbocycles. The molecule has 0 aliphatic heterocycles. The van der Waals surface area contributed by atoms with Gasteiger partial charge in [0.05, 0.1) is 18.1 Å². The normalized spacial score (nSPS) is 10.8. The van der Waals surface area contributed by atoms with Crippen LogP contribution in [0.2, 0.25) is 0 Å². The molecule has 96 valence electrons. The third-order valence-corrected chi connectivity index (χ3v) is 2.99. The van der Waals surface area contributed by atoms with E-state index in [-0.39, 0.29) is 0 Å². The topological polar surface area (TPSA) is 49.8 Å². The molecule has 0 bridgehead atoms. The van der Waals surface area contributed by atoms with Crippen LogP contribution in [0.5, 0.6) is 0 Å². The third kappa shape index (κ3) is 5.13. The fourth-order valence-electron chi connectivity index (χ4n) is 1.62. The van der Waals surface area contributed by atoms with Gasteiger partial charge in [0, 0.05) is 13.1 Å². The predicted octanol–water partition coefficient (Wildman–Crippen LogP) is 2.43. The number of nitrogens with zero attached hydrogens (tertiary/aromatic N) is 2. The van der Waals surface area contributed by atoms with Crippen molar-refractivity contribution in [3.63, 3.8) is 0 Å². The Bertz CT molecular complexity index is 293. The van der Waals surface area contributed by atoms with Crippen LogP contribution in [0, 0.1) is 5.92 Å². The zero-order valence-corrected chi connectivity index (χ0v) is 11.2. The van der Waals surface area contributed by atoms with Crippen molar-refractivity contribution in [3.8, 4) is 0 Å². The summed E-state index contributed by atoms with van der Waals surface area (Å²) in [7, 11) is 0. The monoisotopic (exact) mass is 236 g/mol. The molecule has 0 saturated carbocycles. The van der Waals surface area contributed by atoms with Crippen LogP contribution < -0.4 is 10.6 Å². The van der Waals surface area contributed by atoms with Gasteiger partial charge in [-0.25, -0.2) is 4.98 Å². The fraction of sp³-hybridized carbons (Fsp3) is 0.692. The van der Waals surface area contributed by atoms with Crippen molar-refractivity contribution in [3.05, 3.63) is 18.1 Å². The van der Waals surface area contributed by atoms with Gasteiger partial charge in [-0.05, 0) is 12.5 Å². The maximum Gasteiger partial charge on any atom is 0.144 e. The molecule has 1 rings (SSSR count). The average molecular weight is 236 g/mol. The largest absolute Gasteiger partial charge is 0.369 e. The van der Waals surface area contributed by atoms with Crippen molar-refractivity contribution in [1.29, 1.82) is 0 Å². The Hall–Kier alpha value is -1.16. The van der Waals surface area contributed by atoms with Crippen LogP contribution in [0.25, 0.3) is 0 Å². The van der Waals surface area contributed by atoms with Crippen molar-refractivity contribution < 1.29 is 0 Å². The van der Waals surface area contributed by atoms with Crippen molar-refractivity contribution in [1.82, 2.24) is 15.3 Å². The molecule has 0 spiro atoms. The summed E-state index contributed by atoms with van der Waals surface area (Å²) in [5.74, 6) is 1.59. The molecule has 0 amide bonds. The molecular weight excluding hydrogens is 212 g/mol. The number of nitrogens with one attached hydrogen (secondary N) is 2.